The molecule has 2 N–H and O–H groups in total. The Morgan fingerprint density at radius 1 is 1.25 bits per heavy atom. The molecule has 130 valence electrons. The van der Waals surface area contributed by atoms with E-state index in [1.807, 2.05) is 0 Å². The number of benzene rings is 1. The molecule has 7 heteroatoms. The molecule has 2 rings (SSSR count). The molecule has 0 aliphatic rings. The minimum Gasteiger partial charge on any atom is -0.459 e. The average Bonchev–Trinajstić information content (AvgIpc) is 2.97. The van der Waals surface area contributed by atoms with Crippen LogP contribution in [0.1, 0.15) is 46.7 Å². The number of carbonyl (C=O) groups excluding carboxylic acids is 1. The van der Waals surface area contributed by atoms with Crippen LogP contribution in [-0.4, -0.2) is 17.1 Å². The highest BCUT2D eigenvalue weighted by atomic mass is 19.4. The van der Waals surface area contributed by atoms with E-state index in [9.17, 15) is 23.1 Å². The third kappa shape index (κ3) is 3.97. The Morgan fingerprint density at radius 2 is 1.88 bits per heavy atom. The zero-order valence-electron chi connectivity index (χ0n) is 13.2. The lowest BCUT2D eigenvalue weighted by atomic mass is 9.99. The number of hydrogen-bond donors (Lipinski definition) is 2. The zero-order valence-corrected chi connectivity index (χ0v) is 13.2. The van der Waals surface area contributed by atoms with Crippen molar-refractivity contribution in [2.45, 2.75) is 38.6 Å². The van der Waals surface area contributed by atoms with Crippen molar-refractivity contribution in [3.63, 3.8) is 0 Å². The first-order chi connectivity index (χ1) is 11.2. The summed E-state index contributed by atoms with van der Waals surface area (Å²) in [7, 11) is 0. The summed E-state index contributed by atoms with van der Waals surface area (Å²) in [4.78, 5) is 12.2. The second kappa shape index (κ2) is 7.09. The first-order valence-corrected chi connectivity index (χ1v) is 7.44. The molecular weight excluding hydrogens is 323 g/mol. The van der Waals surface area contributed by atoms with Gasteiger partial charge in [-0.1, -0.05) is 19.1 Å². The molecule has 4 nitrogen and oxygen atoms in total. The molecule has 0 aliphatic heterocycles. The lowest BCUT2D eigenvalue weighted by Crippen LogP contribution is -2.39. The van der Waals surface area contributed by atoms with E-state index in [2.05, 4.69) is 5.32 Å². The van der Waals surface area contributed by atoms with Crippen LogP contribution in [0.4, 0.5) is 13.2 Å². The van der Waals surface area contributed by atoms with Crippen molar-refractivity contribution >= 4 is 5.91 Å². The van der Waals surface area contributed by atoms with Crippen LogP contribution in [0.25, 0.3) is 0 Å². The van der Waals surface area contributed by atoms with Gasteiger partial charge in [-0.25, -0.2) is 0 Å². The number of rotatable bonds is 5. The van der Waals surface area contributed by atoms with E-state index in [0.717, 1.165) is 12.1 Å². The average molecular weight is 341 g/mol. The predicted octanol–water partition coefficient (Wildman–Crippen LogP) is 3.85. The lowest BCUT2D eigenvalue weighted by Gasteiger charge is -2.23. The monoisotopic (exact) mass is 341 g/mol. The second-order valence-corrected chi connectivity index (χ2v) is 5.49. The van der Waals surface area contributed by atoms with E-state index in [4.69, 9.17) is 4.42 Å². The molecule has 0 bridgehead atoms. The Hall–Kier alpha value is -2.28. The van der Waals surface area contributed by atoms with Gasteiger partial charge in [0.25, 0.3) is 5.91 Å². The summed E-state index contributed by atoms with van der Waals surface area (Å²) in [6.07, 6.45) is -3.78. The van der Waals surface area contributed by atoms with Gasteiger partial charge >= 0.3 is 6.18 Å². The molecule has 0 radical (unpaired) electrons. The van der Waals surface area contributed by atoms with Gasteiger partial charge in [0.15, 0.2) is 5.76 Å². The van der Waals surface area contributed by atoms with Crippen LogP contribution in [0.15, 0.2) is 41.0 Å². The van der Waals surface area contributed by atoms with Gasteiger partial charge in [0.05, 0.1) is 24.0 Å². The van der Waals surface area contributed by atoms with Crippen LogP contribution in [0, 0.1) is 6.92 Å². The van der Waals surface area contributed by atoms with E-state index >= 15 is 0 Å². The first-order valence-electron chi connectivity index (χ1n) is 7.44. The maximum absolute atomic E-state index is 12.6. The minimum atomic E-state index is -4.43. The molecule has 0 fully saturated rings. The summed E-state index contributed by atoms with van der Waals surface area (Å²) in [5.74, 6) is -0.330. The standard InChI is InChI=1S/C17H18F3NO3/c1-3-13(21-16(23)15-10(2)8-9-24-15)14(22)11-4-6-12(7-5-11)17(18,19)20/h4-9,13-14,22H,3H2,1-2H3,(H,21,23)/t13-,14-/m0/s1. The van der Waals surface area contributed by atoms with Gasteiger partial charge in [0.1, 0.15) is 0 Å². The predicted molar refractivity (Wildman–Crippen MR) is 81.4 cm³/mol. The molecule has 1 heterocycles. The Morgan fingerprint density at radius 3 is 2.33 bits per heavy atom. The van der Waals surface area contributed by atoms with E-state index in [1.165, 1.54) is 18.4 Å². The van der Waals surface area contributed by atoms with Gasteiger partial charge in [-0.3, -0.25) is 4.79 Å². The summed E-state index contributed by atoms with van der Waals surface area (Å²) in [5, 5.41) is 13.0. The fourth-order valence-electron chi connectivity index (χ4n) is 2.35. The van der Waals surface area contributed by atoms with Crippen LogP contribution >= 0.6 is 0 Å². The number of aliphatic hydroxyl groups is 1. The van der Waals surface area contributed by atoms with Crippen molar-refractivity contribution in [2.75, 3.05) is 0 Å². The molecule has 0 unspecified atom stereocenters. The number of carbonyl (C=O) groups is 1. The van der Waals surface area contributed by atoms with Gasteiger partial charge in [-0.05, 0) is 37.1 Å². The van der Waals surface area contributed by atoms with Crippen molar-refractivity contribution < 1.29 is 27.5 Å². The molecule has 2 aromatic rings. The number of nitrogens with one attached hydrogen (secondary N) is 1. The zero-order chi connectivity index (χ0) is 17.9. The van der Waals surface area contributed by atoms with Crippen LogP contribution < -0.4 is 5.32 Å². The topological polar surface area (TPSA) is 62.5 Å². The molecule has 0 spiro atoms. The number of furan rings is 1. The van der Waals surface area contributed by atoms with E-state index in [-0.39, 0.29) is 5.76 Å². The van der Waals surface area contributed by atoms with Crippen LogP contribution in [-0.2, 0) is 6.18 Å². The van der Waals surface area contributed by atoms with Crippen LogP contribution in [0.2, 0.25) is 0 Å². The number of halogens is 3. The lowest BCUT2D eigenvalue weighted by molar-refractivity contribution is -0.137. The summed E-state index contributed by atoms with van der Waals surface area (Å²) in [6, 6.07) is 5.22. The van der Waals surface area contributed by atoms with Crippen molar-refractivity contribution in [3.05, 3.63) is 59.0 Å². The number of aliphatic hydroxyl groups excluding tert-OH is 1. The summed E-state index contributed by atoms with van der Waals surface area (Å²) in [5.41, 5.74) is 0.166. The van der Waals surface area contributed by atoms with Crippen molar-refractivity contribution in [2.24, 2.45) is 0 Å². The van der Waals surface area contributed by atoms with Crippen molar-refractivity contribution in [3.8, 4) is 0 Å². The van der Waals surface area contributed by atoms with E-state index in [1.54, 1.807) is 19.9 Å². The van der Waals surface area contributed by atoms with Gasteiger partial charge < -0.3 is 14.8 Å². The van der Waals surface area contributed by atoms with Crippen molar-refractivity contribution in [1.82, 2.24) is 5.32 Å². The van der Waals surface area contributed by atoms with Gasteiger partial charge in [0, 0.05) is 5.56 Å². The Bertz CT molecular complexity index is 692. The first kappa shape index (κ1) is 18.1. The molecule has 2 atom stereocenters. The van der Waals surface area contributed by atoms with E-state index in [0.29, 0.717) is 17.5 Å². The largest absolute Gasteiger partial charge is 0.459 e. The number of hydrogen-bond acceptors (Lipinski definition) is 3. The van der Waals surface area contributed by atoms with Crippen LogP contribution in [0.3, 0.4) is 0 Å². The van der Waals surface area contributed by atoms with E-state index < -0.39 is 29.8 Å². The number of amides is 1. The van der Waals surface area contributed by atoms with Gasteiger partial charge in [0.2, 0.25) is 0 Å². The van der Waals surface area contributed by atoms with Gasteiger partial charge in [-0.2, -0.15) is 13.2 Å². The molecule has 24 heavy (non-hydrogen) atoms. The maximum Gasteiger partial charge on any atom is 0.416 e. The minimum absolute atomic E-state index is 0.146. The molecule has 1 amide bonds. The quantitative estimate of drug-likeness (QED) is 0.868. The van der Waals surface area contributed by atoms with Crippen LogP contribution in [0.5, 0.6) is 0 Å². The van der Waals surface area contributed by atoms with Gasteiger partial charge in [-0.15, -0.1) is 0 Å². The maximum atomic E-state index is 12.6. The molecule has 0 saturated heterocycles. The molecule has 1 aromatic carbocycles. The summed E-state index contributed by atoms with van der Waals surface area (Å²) in [6.45, 7) is 3.47. The third-order valence-electron chi connectivity index (χ3n) is 3.79. The van der Waals surface area contributed by atoms with Crippen molar-refractivity contribution in [1.29, 1.82) is 0 Å². The third-order valence-corrected chi connectivity index (χ3v) is 3.79. The fourth-order valence-corrected chi connectivity index (χ4v) is 2.35. The molecule has 1 aromatic heterocycles. The molecular formula is C17H18F3NO3. The Balaban J connectivity index is 2.12. The number of alkyl halides is 3. The molecule has 0 saturated carbocycles. The smallest absolute Gasteiger partial charge is 0.416 e. The molecule has 0 aliphatic carbocycles. The number of aryl methyl sites for hydroxylation is 1. The Kier molecular flexibility index (Phi) is 5.33. The highest BCUT2D eigenvalue weighted by Crippen LogP contribution is 2.30. The highest BCUT2D eigenvalue weighted by Gasteiger charge is 2.31. The Labute approximate surface area is 137 Å². The fraction of sp³-hybridized carbons (Fsp3) is 0.353. The summed E-state index contributed by atoms with van der Waals surface area (Å²) >= 11 is 0. The summed E-state index contributed by atoms with van der Waals surface area (Å²) < 4.78 is 42.8. The highest BCUT2D eigenvalue weighted by molar-refractivity contribution is 5.93. The normalized spacial score (nSPS) is 14.2. The second-order valence-electron chi connectivity index (χ2n) is 5.49. The SMILES string of the molecule is CC[C@H](NC(=O)c1occc1C)[C@@H](O)c1ccc(C(F)(F)F)cc1.